The van der Waals surface area contributed by atoms with Crippen molar-refractivity contribution < 1.29 is 28.2 Å². The molecule has 0 radical (unpaired) electrons. The molecule has 2 spiro atoms. The highest BCUT2D eigenvalue weighted by Gasteiger charge is 2.53. The van der Waals surface area contributed by atoms with E-state index in [0.717, 1.165) is 71.2 Å². The number of imide groups is 1. The van der Waals surface area contributed by atoms with Crippen molar-refractivity contribution in [3.8, 4) is 11.5 Å². The lowest BCUT2D eigenvalue weighted by Crippen LogP contribution is -2.61. The summed E-state index contributed by atoms with van der Waals surface area (Å²) in [5.41, 5.74) is -0.336. The summed E-state index contributed by atoms with van der Waals surface area (Å²) >= 11 is 0. The zero-order chi connectivity index (χ0) is 37.6. The summed E-state index contributed by atoms with van der Waals surface area (Å²) in [6, 6.07) is 3.90. The second-order valence-electron chi connectivity index (χ2n) is 17.1. The van der Waals surface area contributed by atoms with Crippen LogP contribution in [0.5, 0.6) is 11.5 Å². The highest BCUT2D eigenvalue weighted by Crippen LogP contribution is 2.48. The van der Waals surface area contributed by atoms with E-state index in [4.69, 9.17) is 9.47 Å². The second-order valence-corrected chi connectivity index (χ2v) is 17.1. The lowest BCUT2D eigenvalue weighted by molar-refractivity contribution is -0.129. The molecule has 52 heavy (non-hydrogen) atoms. The Kier molecular flexibility index (Phi) is 10.4. The number of carbonyl (C=O) groups is 3. The van der Waals surface area contributed by atoms with Crippen LogP contribution >= 0.6 is 0 Å². The summed E-state index contributed by atoms with van der Waals surface area (Å²) < 4.78 is 26.4. The first-order valence-corrected chi connectivity index (χ1v) is 18.8. The number of ether oxygens (including phenoxy) is 2. The van der Waals surface area contributed by atoms with E-state index >= 15 is 0 Å². The number of hydrogen-bond donors (Lipinski definition) is 0. The molecule has 3 amide bonds. The van der Waals surface area contributed by atoms with Crippen molar-refractivity contribution in [2.24, 2.45) is 11.3 Å². The molecule has 1 aromatic carbocycles. The minimum atomic E-state index is -0.674. The molecule has 0 atom stereocenters. The maximum atomic E-state index is 14.4. The van der Waals surface area contributed by atoms with Gasteiger partial charge in [-0.15, -0.1) is 0 Å². The summed E-state index contributed by atoms with van der Waals surface area (Å²) in [7, 11) is 0. The molecule has 282 valence electrons. The van der Waals surface area contributed by atoms with Crippen molar-refractivity contribution in [2.75, 3.05) is 37.6 Å². The summed E-state index contributed by atoms with van der Waals surface area (Å²) in [6.45, 7) is 22.0. The number of piperidine rings is 1. The van der Waals surface area contributed by atoms with Crippen LogP contribution < -0.4 is 9.64 Å². The van der Waals surface area contributed by atoms with E-state index in [1.54, 1.807) is 11.1 Å². The highest BCUT2D eigenvalue weighted by atomic mass is 19.1. The van der Waals surface area contributed by atoms with Gasteiger partial charge in [0.05, 0.1) is 17.3 Å². The van der Waals surface area contributed by atoms with Gasteiger partial charge < -0.3 is 24.2 Å². The van der Waals surface area contributed by atoms with Crippen molar-refractivity contribution in [3.63, 3.8) is 0 Å². The summed E-state index contributed by atoms with van der Waals surface area (Å²) in [4.78, 5) is 56.4. The van der Waals surface area contributed by atoms with Gasteiger partial charge in [0, 0.05) is 49.1 Å². The van der Waals surface area contributed by atoms with Crippen LogP contribution in [0.3, 0.4) is 0 Å². The molecule has 4 aliphatic rings. The molecule has 1 saturated carbocycles. The van der Waals surface area contributed by atoms with E-state index in [1.807, 2.05) is 48.5 Å². The van der Waals surface area contributed by atoms with Crippen LogP contribution in [0.25, 0.3) is 0 Å². The molecule has 1 aromatic heterocycles. The number of nitrogens with zero attached hydrogens (tertiary/aromatic N) is 6. The zero-order valence-corrected chi connectivity index (χ0v) is 31.9. The summed E-state index contributed by atoms with van der Waals surface area (Å²) in [5.74, 6) is 0.801. The third-order valence-electron chi connectivity index (χ3n) is 11.3. The summed E-state index contributed by atoms with van der Waals surface area (Å²) in [5, 5.41) is 0. The van der Waals surface area contributed by atoms with Gasteiger partial charge in [-0.25, -0.2) is 24.1 Å². The van der Waals surface area contributed by atoms with E-state index in [1.165, 1.54) is 29.4 Å². The molecule has 2 aromatic rings. The lowest BCUT2D eigenvalue weighted by Gasteiger charge is -2.55. The van der Waals surface area contributed by atoms with Crippen molar-refractivity contribution in [2.45, 2.75) is 117 Å². The number of aromatic nitrogens is 2. The first kappa shape index (κ1) is 37.7. The lowest BCUT2D eigenvalue weighted by atomic mass is 9.71. The monoisotopic (exact) mass is 718 g/mol. The fraction of sp³-hybridized carbons (Fsp3) is 0.625. The molecule has 3 aliphatic heterocycles. The second kappa shape index (κ2) is 14.4. The van der Waals surface area contributed by atoms with Crippen LogP contribution in [0.4, 0.5) is 15.0 Å². The number of hydrogen-bond acceptors (Lipinski definition) is 9. The largest absolute Gasteiger partial charge is 0.451 e. The number of rotatable bonds is 8. The van der Waals surface area contributed by atoms with Gasteiger partial charge in [-0.05, 0) is 124 Å². The Labute approximate surface area is 307 Å². The van der Waals surface area contributed by atoms with Crippen LogP contribution in [0.15, 0.2) is 42.9 Å². The molecular weight excluding hydrogens is 663 g/mol. The van der Waals surface area contributed by atoms with E-state index in [9.17, 15) is 18.8 Å². The number of anilines is 1. The maximum absolute atomic E-state index is 14.4. The minimum absolute atomic E-state index is 0.0702. The molecule has 0 bridgehead atoms. The smallest absolute Gasteiger partial charge is 0.417 e. The van der Waals surface area contributed by atoms with E-state index < -0.39 is 23.1 Å². The Morgan fingerprint density at radius 3 is 2.31 bits per heavy atom. The fourth-order valence-corrected chi connectivity index (χ4v) is 8.81. The van der Waals surface area contributed by atoms with Gasteiger partial charge in [0.25, 0.3) is 11.8 Å². The molecule has 4 heterocycles. The molecule has 3 saturated heterocycles. The molecule has 1 aliphatic carbocycles. The Morgan fingerprint density at radius 1 is 1.04 bits per heavy atom. The highest BCUT2D eigenvalue weighted by molar-refractivity contribution is 6.05. The van der Waals surface area contributed by atoms with Crippen molar-refractivity contribution >= 4 is 23.7 Å². The Hall–Kier alpha value is -4.06. The zero-order valence-electron chi connectivity index (χ0n) is 31.9. The van der Waals surface area contributed by atoms with Crippen molar-refractivity contribution in [1.29, 1.82) is 0 Å². The average molecular weight is 719 g/mol. The van der Waals surface area contributed by atoms with Gasteiger partial charge >= 0.3 is 6.09 Å². The van der Waals surface area contributed by atoms with E-state index in [0.29, 0.717) is 29.5 Å². The maximum Gasteiger partial charge on any atom is 0.417 e. The van der Waals surface area contributed by atoms with Gasteiger partial charge in [-0.3, -0.25) is 9.59 Å². The predicted molar refractivity (Wildman–Crippen MR) is 197 cm³/mol. The Bertz CT molecular complexity index is 1670. The standard InChI is InChI=1S/C40H55FN6O5/c1-26(2)46(27(3)4)36(49)31-19-30(41)9-10-32(31)51-33-21-42-25-43-34(33)45-23-39(24-45)15-17-44(18-16-39)22-29-11-13-40(14-12-29)20-28(5)35(48)47(40)37(50)52-38(6,7)8/h9-10,19,21,25-27,29H,5,11-18,20,22-24H2,1-4,6-8H3/t29-,40-. The number of carbonyl (C=O) groups excluding carboxylic acids is 3. The predicted octanol–water partition coefficient (Wildman–Crippen LogP) is 7.22. The fourth-order valence-electron chi connectivity index (χ4n) is 8.81. The molecule has 11 nitrogen and oxygen atoms in total. The Balaban J connectivity index is 1.04. The van der Waals surface area contributed by atoms with Crippen LogP contribution in [0, 0.1) is 17.2 Å². The average Bonchev–Trinajstić information content (AvgIpc) is 3.29. The van der Waals surface area contributed by atoms with Crippen LogP contribution in [0.2, 0.25) is 0 Å². The Morgan fingerprint density at radius 2 is 1.69 bits per heavy atom. The van der Waals surface area contributed by atoms with Crippen LogP contribution in [-0.2, 0) is 9.53 Å². The number of halogens is 1. The minimum Gasteiger partial charge on any atom is -0.451 e. The van der Waals surface area contributed by atoms with Gasteiger partial charge in [0.15, 0.2) is 11.6 Å². The molecule has 4 fully saturated rings. The van der Waals surface area contributed by atoms with Gasteiger partial charge in [-0.1, -0.05) is 6.58 Å². The molecule has 0 N–H and O–H groups in total. The van der Waals surface area contributed by atoms with Crippen LogP contribution in [-0.4, -0.2) is 98.5 Å². The van der Waals surface area contributed by atoms with Gasteiger partial charge in [0.1, 0.15) is 23.5 Å². The SMILES string of the molecule is C=C1C[C@]2(CC[C@@H](CN3CCC4(CC3)CN(c3ncncc3Oc3ccc(F)cc3C(=O)N(C(C)C)C(C)C)C4)CC2)N(C(=O)OC(C)(C)C)C1=O. The third kappa shape index (κ3) is 7.68. The quantitative estimate of drug-likeness (QED) is 0.262. The van der Waals surface area contributed by atoms with Gasteiger partial charge in [0.2, 0.25) is 0 Å². The molecule has 6 rings (SSSR count). The van der Waals surface area contributed by atoms with E-state index in [-0.39, 0.29) is 40.6 Å². The molecule has 0 unspecified atom stereocenters. The summed E-state index contributed by atoms with van der Waals surface area (Å²) in [6.07, 6.45) is 8.72. The molecular formula is C40H55FN6O5. The van der Waals surface area contributed by atoms with Crippen molar-refractivity contribution in [1.82, 2.24) is 24.7 Å². The van der Waals surface area contributed by atoms with Crippen molar-refractivity contribution in [3.05, 3.63) is 54.3 Å². The van der Waals surface area contributed by atoms with Gasteiger partial charge in [-0.2, -0.15) is 0 Å². The first-order valence-electron chi connectivity index (χ1n) is 18.8. The normalized spacial score (nSPS) is 23.5. The van der Waals surface area contributed by atoms with E-state index in [2.05, 4.69) is 26.3 Å². The first-order chi connectivity index (χ1) is 24.5. The topological polar surface area (TPSA) is 108 Å². The number of amides is 3. The van der Waals surface area contributed by atoms with Crippen LogP contribution in [0.1, 0.15) is 104 Å². The number of likely N-dealkylation sites (tertiary alicyclic amines) is 2. The molecule has 12 heteroatoms. The third-order valence-corrected chi connectivity index (χ3v) is 11.3. The number of benzene rings is 1.